The zero-order valence-electron chi connectivity index (χ0n) is 6.29. The van der Waals surface area contributed by atoms with Crippen LogP contribution in [0.2, 0.25) is 0 Å². The lowest BCUT2D eigenvalue weighted by molar-refractivity contribution is -0.137. The van der Waals surface area contributed by atoms with Gasteiger partial charge in [0.1, 0.15) is 6.10 Å². The van der Waals surface area contributed by atoms with Crippen LogP contribution in [0.15, 0.2) is 0 Å². The van der Waals surface area contributed by atoms with E-state index in [1.165, 1.54) is 0 Å². The molecule has 0 aliphatic heterocycles. The molecule has 0 radical (unpaired) electrons. The molecular weight excluding hydrogens is 132 g/mol. The molecule has 10 heavy (non-hydrogen) atoms. The number of carbonyl (C=O) groups excluding carboxylic acids is 2. The van der Waals surface area contributed by atoms with E-state index in [0.29, 0.717) is 19.3 Å². The third-order valence-corrected chi connectivity index (χ3v) is 1.17. The monoisotopic (exact) mass is 144 g/mol. The first-order chi connectivity index (χ1) is 4.76. The highest BCUT2D eigenvalue weighted by Gasteiger charge is 2.14. The van der Waals surface area contributed by atoms with E-state index in [2.05, 4.69) is 0 Å². The first-order valence-electron chi connectivity index (χ1n) is 3.36. The van der Waals surface area contributed by atoms with Gasteiger partial charge in [-0.2, -0.15) is 0 Å². The van der Waals surface area contributed by atoms with Gasteiger partial charge in [-0.25, -0.2) is 0 Å². The summed E-state index contributed by atoms with van der Waals surface area (Å²) in [5, 5.41) is 0. The minimum atomic E-state index is -0.525. The molecule has 1 atom stereocenters. The average molecular weight is 144 g/mol. The molecule has 0 aromatic carbocycles. The molecule has 0 aromatic heterocycles. The Kier molecular flexibility index (Phi) is 4.76. The first-order valence-corrected chi connectivity index (χ1v) is 3.36. The quantitative estimate of drug-likeness (QED) is 0.418. The normalized spacial score (nSPS) is 12.6. The molecule has 58 valence electrons. The highest BCUT2D eigenvalue weighted by Crippen LogP contribution is 1.96. The largest absolute Gasteiger partial charge is 0.370 e. The highest BCUT2D eigenvalue weighted by atomic mass is 16.5. The van der Waals surface area contributed by atoms with Crippen LogP contribution in [0.5, 0.6) is 0 Å². The molecule has 0 N–H and O–H groups in total. The van der Waals surface area contributed by atoms with Gasteiger partial charge < -0.3 is 4.74 Å². The lowest BCUT2D eigenvalue weighted by atomic mass is 10.2. The summed E-state index contributed by atoms with van der Waals surface area (Å²) in [4.78, 5) is 20.6. The highest BCUT2D eigenvalue weighted by molar-refractivity contribution is 6.27. The molecule has 0 aliphatic rings. The fourth-order valence-corrected chi connectivity index (χ4v) is 0.678. The van der Waals surface area contributed by atoms with E-state index in [0.717, 1.165) is 0 Å². The maximum absolute atomic E-state index is 10.6. The van der Waals surface area contributed by atoms with E-state index in [1.54, 1.807) is 6.92 Å². The lowest BCUT2D eigenvalue weighted by Crippen LogP contribution is -2.24. The Balaban J connectivity index is 3.79. The lowest BCUT2D eigenvalue weighted by Gasteiger charge is -2.08. The fraction of sp³-hybridized carbons (Fsp3) is 0.714. The van der Waals surface area contributed by atoms with Crippen molar-refractivity contribution in [2.75, 3.05) is 6.61 Å². The first kappa shape index (κ1) is 9.30. The molecule has 1 unspecified atom stereocenters. The molecule has 0 bridgehead atoms. The van der Waals surface area contributed by atoms with E-state index >= 15 is 0 Å². The van der Waals surface area contributed by atoms with E-state index in [-0.39, 0.29) is 0 Å². The zero-order chi connectivity index (χ0) is 7.98. The minimum Gasteiger partial charge on any atom is -0.370 e. The third-order valence-electron chi connectivity index (χ3n) is 1.17. The van der Waals surface area contributed by atoms with Gasteiger partial charge in [0.2, 0.25) is 5.78 Å². The number of aldehydes is 1. The van der Waals surface area contributed by atoms with Crippen molar-refractivity contribution in [3.63, 3.8) is 0 Å². The summed E-state index contributed by atoms with van der Waals surface area (Å²) in [6, 6.07) is 0. The van der Waals surface area contributed by atoms with Gasteiger partial charge in [0.05, 0.1) is 0 Å². The Labute approximate surface area is 60.4 Å². The van der Waals surface area contributed by atoms with Crippen LogP contribution in [0.3, 0.4) is 0 Å². The Morgan fingerprint density at radius 2 is 2.20 bits per heavy atom. The van der Waals surface area contributed by atoms with Crippen molar-refractivity contribution in [1.29, 1.82) is 0 Å². The Bertz CT molecular complexity index is 120. The molecule has 3 nitrogen and oxygen atoms in total. The van der Waals surface area contributed by atoms with E-state index in [1.807, 2.05) is 6.92 Å². The molecule has 0 spiro atoms. The van der Waals surface area contributed by atoms with Gasteiger partial charge in [-0.15, -0.1) is 0 Å². The van der Waals surface area contributed by atoms with Crippen molar-refractivity contribution < 1.29 is 14.3 Å². The van der Waals surface area contributed by atoms with Crippen molar-refractivity contribution in [2.24, 2.45) is 0 Å². The van der Waals surface area contributed by atoms with E-state index < -0.39 is 11.9 Å². The predicted molar refractivity (Wildman–Crippen MR) is 36.8 cm³/mol. The average Bonchev–Trinajstić information content (AvgIpc) is 1.99. The fourth-order valence-electron chi connectivity index (χ4n) is 0.678. The molecule has 0 saturated carbocycles. The van der Waals surface area contributed by atoms with Crippen LogP contribution in [0, 0.1) is 0 Å². The summed E-state index contributed by atoms with van der Waals surface area (Å²) >= 11 is 0. The smallest absolute Gasteiger partial charge is 0.223 e. The number of rotatable bonds is 5. The number of ether oxygens (including phenoxy) is 1. The molecule has 0 rings (SSSR count). The van der Waals surface area contributed by atoms with Gasteiger partial charge in [-0.3, -0.25) is 9.59 Å². The maximum atomic E-state index is 10.6. The molecule has 0 aromatic rings. The second-order valence-corrected chi connectivity index (χ2v) is 1.87. The molecule has 0 aliphatic carbocycles. The summed E-state index contributed by atoms with van der Waals surface area (Å²) in [6.07, 6.45) is 0.345. The van der Waals surface area contributed by atoms with Gasteiger partial charge in [-0.1, -0.05) is 6.92 Å². The molecule has 0 heterocycles. The Morgan fingerprint density at radius 1 is 1.60 bits per heavy atom. The van der Waals surface area contributed by atoms with Crippen LogP contribution >= 0.6 is 0 Å². The van der Waals surface area contributed by atoms with Crippen molar-refractivity contribution in [3.8, 4) is 0 Å². The summed E-state index contributed by atoms with van der Waals surface area (Å²) < 4.78 is 4.96. The van der Waals surface area contributed by atoms with Gasteiger partial charge >= 0.3 is 0 Å². The van der Waals surface area contributed by atoms with Gasteiger partial charge in [0, 0.05) is 6.61 Å². The number of hydrogen-bond donors (Lipinski definition) is 0. The predicted octanol–water partition coefficient (Wildman–Crippen LogP) is 0.569. The van der Waals surface area contributed by atoms with Crippen LogP contribution < -0.4 is 0 Å². The summed E-state index contributed by atoms with van der Waals surface area (Å²) in [6.45, 7) is 4.07. The number of Topliss-reactive ketones (excluding diaryl/α,β-unsaturated/α-hetero) is 1. The van der Waals surface area contributed by atoms with Gasteiger partial charge in [0.25, 0.3) is 0 Å². The SMILES string of the molecule is CCOC(CC)C(=O)C=O. The van der Waals surface area contributed by atoms with Gasteiger partial charge in [-0.05, 0) is 13.3 Å². The van der Waals surface area contributed by atoms with Crippen molar-refractivity contribution >= 4 is 12.1 Å². The minimum absolute atomic E-state index is 0.309. The Morgan fingerprint density at radius 3 is 2.50 bits per heavy atom. The van der Waals surface area contributed by atoms with Crippen LogP contribution in [0.4, 0.5) is 0 Å². The zero-order valence-corrected chi connectivity index (χ0v) is 6.29. The maximum Gasteiger partial charge on any atom is 0.223 e. The van der Waals surface area contributed by atoms with Crippen molar-refractivity contribution in [2.45, 2.75) is 26.4 Å². The second kappa shape index (κ2) is 5.11. The molecule has 0 saturated heterocycles. The standard InChI is InChI=1S/C7H12O3/c1-3-7(10-4-2)6(9)5-8/h5,7H,3-4H2,1-2H3. The van der Waals surface area contributed by atoms with Crippen molar-refractivity contribution in [1.82, 2.24) is 0 Å². The number of carbonyl (C=O) groups is 2. The van der Waals surface area contributed by atoms with Crippen LogP contribution in [-0.2, 0) is 14.3 Å². The number of hydrogen-bond acceptors (Lipinski definition) is 3. The van der Waals surface area contributed by atoms with E-state index in [4.69, 9.17) is 4.74 Å². The summed E-state index contributed by atoms with van der Waals surface area (Å²) in [5.41, 5.74) is 0. The third kappa shape index (κ3) is 2.73. The number of ketones is 1. The summed E-state index contributed by atoms with van der Waals surface area (Å²) in [7, 11) is 0. The topological polar surface area (TPSA) is 43.4 Å². The van der Waals surface area contributed by atoms with Crippen LogP contribution in [0.25, 0.3) is 0 Å². The Hall–Kier alpha value is -0.700. The van der Waals surface area contributed by atoms with Crippen molar-refractivity contribution in [3.05, 3.63) is 0 Å². The molecule has 0 fully saturated rings. The second-order valence-electron chi connectivity index (χ2n) is 1.87. The van der Waals surface area contributed by atoms with Crippen LogP contribution in [0.1, 0.15) is 20.3 Å². The van der Waals surface area contributed by atoms with E-state index in [9.17, 15) is 9.59 Å². The molecule has 3 heteroatoms. The molecular formula is C7H12O3. The molecule has 0 amide bonds. The van der Waals surface area contributed by atoms with Gasteiger partial charge in [0.15, 0.2) is 6.29 Å². The summed E-state index contributed by atoms with van der Waals surface area (Å²) in [5.74, 6) is -0.468. The van der Waals surface area contributed by atoms with Crippen LogP contribution in [-0.4, -0.2) is 24.8 Å².